The first-order valence-corrected chi connectivity index (χ1v) is 6.78. The van der Waals surface area contributed by atoms with Crippen LogP contribution in [0.3, 0.4) is 0 Å². The molecule has 2 N–H and O–H groups in total. The summed E-state index contributed by atoms with van der Waals surface area (Å²) in [6.07, 6.45) is 3.77. The van der Waals surface area contributed by atoms with Gasteiger partial charge in [-0.2, -0.15) is 0 Å². The van der Waals surface area contributed by atoms with Gasteiger partial charge in [0.25, 0.3) is 0 Å². The zero-order chi connectivity index (χ0) is 12.8. The highest BCUT2D eigenvalue weighted by molar-refractivity contribution is 5.96. The predicted molar refractivity (Wildman–Crippen MR) is 79.8 cm³/mol. The summed E-state index contributed by atoms with van der Waals surface area (Å²) in [6, 6.07) is 8.45. The Morgan fingerprint density at radius 2 is 2.11 bits per heavy atom. The van der Waals surface area contributed by atoms with Crippen LogP contribution in [0.25, 0.3) is 0 Å². The molecule has 1 aliphatic heterocycles. The zero-order valence-electron chi connectivity index (χ0n) is 11.3. The second kappa shape index (κ2) is 5.14. The maximum atomic E-state index is 12.3. The van der Waals surface area contributed by atoms with E-state index >= 15 is 0 Å². The van der Waals surface area contributed by atoms with E-state index in [-0.39, 0.29) is 24.4 Å². The number of amides is 1. The van der Waals surface area contributed by atoms with Crippen molar-refractivity contribution >= 4 is 24.0 Å². The lowest BCUT2D eigenvalue weighted by atomic mass is 9.99. The average molecular weight is 281 g/mol. The monoisotopic (exact) mass is 280 g/mol. The Kier molecular flexibility index (Phi) is 3.88. The number of carbonyl (C=O) groups excluding carboxylic acids is 1. The predicted octanol–water partition coefficient (Wildman–Crippen LogP) is 2.61. The number of nitrogens with zero attached hydrogens (tertiary/aromatic N) is 1. The number of benzene rings is 1. The second-order valence-corrected chi connectivity index (χ2v) is 5.79. The van der Waals surface area contributed by atoms with Crippen LogP contribution < -0.4 is 10.6 Å². The molecule has 1 unspecified atom stereocenters. The molecular formula is C15H21ClN2O. The van der Waals surface area contributed by atoms with Crippen LogP contribution in [0.15, 0.2) is 24.3 Å². The number of anilines is 1. The third-order valence-electron chi connectivity index (χ3n) is 4.20. The molecule has 4 heteroatoms. The molecule has 1 aromatic carbocycles. The highest BCUT2D eigenvalue weighted by atomic mass is 35.5. The van der Waals surface area contributed by atoms with Crippen LogP contribution in [0.5, 0.6) is 0 Å². The van der Waals surface area contributed by atoms with E-state index in [0.29, 0.717) is 11.8 Å². The average Bonchev–Trinajstić information content (AvgIpc) is 3.06. The number of fused-ring (bicyclic) bond motifs is 2. The third kappa shape index (κ3) is 2.49. The molecule has 1 fully saturated rings. The molecule has 1 saturated carbocycles. The SMILES string of the molecule is CC(N)CCC(=O)N1CC2(CC2)c2ccccc21.Cl. The Morgan fingerprint density at radius 3 is 2.74 bits per heavy atom. The minimum absolute atomic E-state index is 0. The van der Waals surface area contributed by atoms with Crippen LogP contribution in [0, 0.1) is 0 Å². The summed E-state index contributed by atoms with van der Waals surface area (Å²) >= 11 is 0. The quantitative estimate of drug-likeness (QED) is 0.925. The van der Waals surface area contributed by atoms with E-state index in [1.165, 1.54) is 18.4 Å². The molecule has 0 bridgehead atoms. The minimum Gasteiger partial charge on any atom is -0.328 e. The van der Waals surface area contributed by atoms with Gasteiger partial charge >= 0.3 is 0 Å². The third-order valence-corrected chi connectivity index (χ3v) is 4.20. The first-order chi connectivity index (χ1) is 8.62. The lowest BCUT2D eigenvalue weighted by molar-refractivity contribution is -0.118. The Labute approximate surface area is 120 Å². The van der Waals surface area contributed by atoms with Crippen LogP contribution in [-0.2, 0) is 10.2 Å². The van der Waals surface area contributed by atoms with Crippen molar-refractivity contribution in [2.24, 2.45) is 5.73 Å². The highest BCUT2D eigenvalue weighted by Gasteiger charge is 2.52. The molecule has 19 heavy (non-hydrogen) atoms. The smallest absolute Gasteiger partial charge is 0.227 e. The van der Waals surface area contributed by atoms with Crippen molar-refractivity contribution in [3.05, 3.63) is 29.8 Å². The summed E-state index contributed by atoms with van der Waals surface area (Å²) in [7, 11) is 0. The molecule has 0 aromatic heterocycles. The van der Waals surface area contributed by atoms with E-state index in [4.69, 9.17) is 5.73 Å². The molecule has 0 saturated heterocycles. The van der Waals surface area contributed by atoms with Gasteiger partial charge in [0.05, 0.1) is 0 Å². The minimum atomic E-state index is 0. The maximum absolute atomic E-state index is 12.3. The van der Waals surface area contributed by atoms with Crippen molar-refractivity contribution in [3.8, 4) is 0 Å². The van der Waals surface area contributed by atoms with Gasteiger partial charge in [0, 0.05) is 30.1 Å². The first-order valence-electron chi connectivity index (χ1n) is 6.78. The van der Waals surface area contributed by atoms with Crippen molar-refractivity contribution in [2.75, 3.05) is 11.4 Å². The number of rotatable bonds is 3. The number of halogens is 1. The fraction of sp³-hybridized carbons (Fsp3) is 0.533. The summed E-state index contributed by atoms with van der Waals surface area (Å²) in [5, 5.41) is 0. The Hall–Kier alpha value is -1.06. The number of hydrogen-bond acceptors (Lipinski definition) is 2. The van der Waals surface area contributed by atoms with Crippen LogP contribution >= 0.6 is 12.4 Å². The van der Waals surface area contributed by atoms with Gasteiger partial charge in [-0.3, -0.25) is 4.79 Å². The molecule has 1 aromatic rings. The van der Waals surface area contributed by atoms with Gasteiger partial charge in [-0.05, 0) is 37.8 Å². The van der Waals surface area contributed by atoms with Gasteiger partial charge in [-0.1, -0.05) is 18.2 Å². The molecule has 1 aliphatic carbocycles. The van der Waals surface area contributed by atoms with Crippen molar-refractivity contribution in [1.29, 1.82) is 0 Å². The number of nitrogens with two attached hydrogens (primary N) is 1. The first kappa shape index (κ1) is 14.4. The van der Waals surface area contributed by atoms with E-state index in [1.54, 1.807) is 0 Å². The molecule has 3 rings (SSSR count). The maximum Gasteiger partial charge on any atom is 0.227 e. The summed E-state index contributed by atoms with van der Waals surface area (Å²) in [4.78, 5) is 14.3. The molecule has 2 aliphatic rings. The van der Waals surface area contributed by atoms with E-state index < -0.39 is 0 Å². The van der Waals surface area contributed by atoms with Gasteiger partial charge in [-0.15, -0.1) is 12.4 Å². The molecule has 1 amide bonds. The van der Waals surface area contributed by atoms with Crippen LogP contribution in [0.2, 0.25) is 0 Å². The summed E-state index contributed by atoms with van der Waals surface area (Å²) in [5.74, 6) is 0.225. The summed E-state index contributed by atoms with van der Waals surface area (Å²) in [6.45, 7) is 2.83. The van der Waals surface area contributed by atoms with Crippen molar-refractivity contribution in [3.63, 3.8) is 0 Å². The molecule has 3 nitrogen and oxygen atoms in total. The van der Waals surface area contributed by atoms with Crippen LogP contribution in [-0.4, -0.2) is 18.5 Å². The number of hydrogen-bond donors (Lipinski definition) is 1. The molecule has 0 radical (unpaired) electrons. The normalized spacial score (nSPS) is 19.8. The van der Waals surface area contributed by atoms with Gasteiger partial charge in [0.2, 0.25) is 5.91 Å². The zero-order valence-corrected chi connectivity index (χ0v) is 12.1. The largest absolute Gasteiger partial charge is 0.328 e. The van der Waals surface area contributed by atoms with Gasteiger partial charge in [-0.25, -0.2) is 0 Å². The lowest BCUT2D eigenvalue weighted by Crippen LogP contribution is -2.32. The molecule has 1 heterocycles. The Bertz CT molecular complexity index is 483. The number of carbonyl (C=O) groups is 1. The molecular weight excluding hydrogens is 260 g/mol. The molecule has 1 spiro atoms. The van der Waals surface area contributed by atoms with E-state index in [0.717, 1.165) is 18.7 Å². The fourth-order valence-corrected chi connectivity index (χ4v) is 2.92. The highest BCUT2D eigenvalue weighted by Crippen LogP contribution is 2.56. The van der Waals surface area contributed by atoms with E-state index in [2.05, 4.69) is 18.2 Å². The van der Waals surface area contributed by atoms with Gasteiger partial charge in [0.15, 0.2) is 0 Å². The van der Waals surface area contributed by atoms with Crippen LogP contribution in [0.4, 0.5) is 5.69 Å². The Balaban J connectivity index is 0.00000133. The van der Waals surface area contributed by atoms with Gasteiger partial charge in [0.1, 0.15) is 0 Å². The second-order valence-electron chi connectivity index (χ2n) is 5.79. The molecule has 1 atom stereocenters. The molecule has 104 valence electrons. The lowest BCUT2D eigenvalue weighted by Gasteiger charge is -2.18. The standard InChI is InChI=1S/C15H20N2O.ClH/c1-11(16)6-7-14(18)17-10-15(8-9-15)12-4-2-3-5-13(12)17;/h2-5,11H,6-10,16H2,1H3;1H. The van der Waals surface area contributed by atoms with Crippen LogP contribution in [0.1, 0.15) is 38.2 Å². The van der Waals surface area contributed by atoms with Crippen molar-refractivity contribution in [2.45, 2.75) is 44.1 Å². The van der Waals surface area contributed by atoms with E-state index in [1.807, 2.05) is 17.9 Å². The number of para-hydroxylation sites is 1. The fourth-order valence-electron chi connectivity index (χ4n) is 2.92. The van der Waals surface area contributed by atoms with Crippen molar-refractivity contribution in [1.82, 2.24) is 0 Å². The summed E-state index contributed by atoms with van der Waals surface area (Å²) < 4.78 is 0. The topological polar surface area (TPSA) is 46.3 Å². The Morgan fingerprint density at radius 1 is 1.42 bits per heavy atom. The summed E-state index contributed by atoms with van der Waals surface area (Å²) in [5.41, 5.74) is 8.52. The van der Waals surface area contributed by atoms with E-state index in [9.17, 15) is 4.79 Å². The van der Waals surface area contributed by atoms with Gasteiger partial charge < -0.3 is 10.6 Å². The van der Waals surface area contributed by atoms with Crippen molar-refractivity contribution < 1.29 is 4.79 Å².